The molecule has 0 fully saturated rings. The molecule has 0 unspecified atom stereocenters. The lowest BCUT2D eigenvalue weighted by Crippen LogP contribution is -2.40. The van der Waals surface area contributed by atoms with E-state index in [1.807, 2.05) is 22.6 Å². The highest BCUT2D eigenvalue weighted by Crippen LogP contribution is 2.21. The predicted octanol–water partition coefficient (Wildman–Crippen LogP) is 0.702. The summed E-state index contributed by atoms with van der Waals surface area (Å²) in [5.41, 5.74) is 4.55. The molecule has 0 aliphatic carbocycles. The fourth-order valence-corrected chi connectivity index (χ4v) is 1.92. The van der Waals surface area contributed by atoms with Gasteiger partial charge < -0.3 is 9.84 Å². The van der Waals surface area contributed by atoms with Crippen molar-refractivity contribution in [2.45, 2.75) is 0 Å². The first-order valence-corrected chi connectivity index (χ1v) is 6.36. The topological polar surface area (TPSA) is 105 Å². The molecule has 0 saturated carbocycles. The van der Waals surface area contributed by atoms with Gasteiger partial charge >= 0.3 is 5.97 Å². The van der Waals surface area contributed by atoms with Crippen LogP contribution in [0.5, 0.6) is 5.75 Å². The Morgan fingerprint density at radius 1 is 1.25 bits per heavy atom. The first-order valence-electron chi connectivity index (χ1n) is 5.29. The van der Waals surface area contributed by atoms with Gasteiger partial charge in [-0.1, -0.05) is 0 Å². The number of ether oxygens (including phenoxy) is 1. The number of hydrazine groups is 1. The number of carbonyl (C=O) groups excluding carboxylic acids is 2. The zero-order valence-corrected chi connectivity index (χ0v) is 12.5. The van der Waals surface area contributed by atoms with Crippen LogP contribution in [0.15, 0.2) is 30.4 Å². The van der Waals surface area contributed by atoms with E-state index in [0.717, 1.165) is 9.65 Å². The molecule has 1 aromatic rings. The van der Waals surface area contributed by atoms with E-state index >= 15 is 0 Å². The van der Waals surface area contributed by atoms with Crippen molar-refractivity contribution in [1.29, 1.82) is 0 Å². The van der Waals surface area contributed by atoms with Crippen molar-refractivity contribution in [2.75, 3.05) is 7.11 Å². The number of aliphatic carboxylic acids is 1. The highest BCUT2D eigenvalue weighted by Gasteiger charge is 2.09. The molecular weight excluding hydrogens is 379 g/mol. The molecule has 0 aromatic heterocycles. The van der Waals surface area contributed by atoms with Gasteiger partial charge in [0.15, 0.2) is 0 Å². The number of hydrogen-bond donors (Lipinski definition) is 3. The molecule has 0 radical (unpaired) electrons. The van der Waals surface area contributed by atoms with Crippen LogP contribution >= 0.6 is 22.6 Å². The Morgan fingerprint density at radius 3 is 2.50 bits per heavy atom. The van der Waals surface area contributed by atoms with E-state index in [0.29, 0.717) is 17.4 Å². The average molecular weight is 390 g/mol. The Kier molecular flexibility index (Phi) is 5.97. The Balaban J connectivity index is 2.61. The van der Waals surface area contributed by atoms with Crippen LogP contribution in [0.1, 0.15) is 10.4 Å². The van der Waals surface area contributed by atoms with Crippen molar-refractivity contribution in [3.63, 3.8) is 0 Å². The second kappa shape index (κ2) is 7.48. The van der Waals surface area contributed by atoms with Crippen LogP contribution < -0.4 is 15.6 Å². The Hall–Kier alpha value is -2.10. The highest BCUT2D eigenvalue weighted by atomic mass is 127. The number of carboxylic acids is 1. The van der Waals surface area contributed by atoms with Crippen LogP contribution in [-0.2, 0) is 9.59 Å². The molecule has 1 rings (SSSR count). The Bertz CT molecular complexity index is 571. The Labute approximate surface area is 128 Å². The monoisotopic (exact) mass is 390 g/mol. The molecule has 0 aliphatic heterocycles. The van der Waals surface area contributed by atoms with Gasteiger partial charge in [-0.25, -0.2) is 4.79 Å². The summed E-state index contributed by atoms with van der Waals surface area (Å²) in [6, 6.07) is 4.76. The van der Waals surface area contributed by atoms with Crippen LogP contribution in [0.25, 0.3) is 0 Å². The number of halogens is 1. The quantitative estimate of drug-likeness (QED) is 0.399. The van der Waals surface area contributed by atoms with Gasteiger partial charge in [0.1, 0.15) is 5.75 Å². The van der Waals surface area contributed by atoms with E-state index in [2.05, 4.69) is 10.9 Å². The molecule has 0 atom stereocenters. The maximum Gasteiger partial charge on any atom is 0.328 e. The number of rotatable bonds is 4. The van der Waals surface area contributed by atoms with E-state index in [4.69, 9.17) is 9.84 Å². The van der Waals surface area contributed by atoms with Crippen molar-refractivity contribution >= 4 is 40.4 Å². The summed E-state index contributed by atoms with van der Waals surface area (Å²) in [5.74, 6) is -1.89. The maximum atomic E-state index is 11.7. The molecule has 1 aromatic carbocycles. The molecule has 2 amide bonds. The standard InChI is InChI=1S/C12H11IN2O5/c1-20-9-3-2-7(6-8(9)13)12(19)15-14-10(16)4-5-11(17)18/h2-6H,1H3,(H,14,16)(H,15,19)(H,17,18)/b5-4+. The van der Waals surface area contributed by atoms with E-state index in [1.165, 1.54) is 13.2 Å². The van der Waals surface area contributed by atoms with E-state index in [9.17, 15) is 14.4 Å². The van der Waals surface area contributed by atoms with E-state index in [1.54, 1.807) is 12.1 Å². The number of carbonyl (C=O) groups is 3. The van der Waals surface area contributed by atoms with Gasteiger partial charge in [0.05, 0.1) is 10.7 Å². The van der Waals surface area contributed by atoms with E-state index in [-0.39, 0.29) is 0 Å². The van der Waals surface area contributed by atoms with Gasteiger partial charge in [0.25, 0.3) is 11.8 Å². The van der Waals surface area contributed by atoms with Gasteiger partial charge in [-0.3, -0.25) is 20.4 Å². The normalized spacial score (nSPS) is 10.1. The molecule has 0 heterocycles. The molecule has 0 aliphatic rings. The minimum atomic E-state index is -1.25. The van der Waals surface area contributed by atoms with Crippen LogP contribution in [0.3, 0.4) is 0 Å². The fourth-order valence-electron chi connectivity index (χ4n) is 1.19. The largest absolute Gasteiger partial charge is 0.496 e. The minimum absolute atomic E-state index is 0.331. The molecule has 20 heavy (non-hydrogen) atoms. The summed E-state index contributed by atoms with van der Waals surface area (Å²) in [6.45, 7) is 0. The number of hydrogen-bond acceptors (Lipinski definition) is 4. The molecule has 0 spiro atoms. The smallest absolute Gasteiger partial charge is 0.328 e. The Morgan fingerprint density at radius 2 is 1.95 bits per heavy atom. The van der Waals surface area contributed by atoms with Crippen molar-refractivity contribution in [2.24, 2.45) is 0 Å². The second-order valence-electron chi connectivity index (χ2n) is 3.46. The molecule has 0 saturated heterocycles. The van der Waals surface area contributed by atoms with Gasteiger partial charge in [0.2, 0.25) is 0 Å². The number of amides is 2. The lowest BCUT2D eigenvalue weighted by molar-refractivity contribution is -0.131. The third-order valence-corrected chi connectivity index (χ3v) is 2.93. The summed E-state index contributed by atoms with van der Waals surface area (Å²) in [7, 11) is 1.52. The summed E-state index contributed by atoms with van der Waals surface area (Å²) >= 11 is 2.01. The summed E-state index contributed by atoms with van der Waals surface area (Å²) in [4.78, 5) is 33.1. The lowest BCUT2D eigenvalue weighted by atomic mass is 10.2. The van der Waals surface area contributed by atoms with Crippen molar-refractivity contribution < 1.29 is 24.2 Å². The average Bonchev–Trinajstić information content (AvgIpc) is 2.42. The molecular formula is C12H11IN2O5. The fraction of sp³-hybridized carbons (Fsp3) is 0.0833. The zero-order chi connectivity index (χ0) is 15.1. The predicted molar refractivity (Wildman–Crippen MR) is 78.1 cm³/mol. The number of benzene rings is 1. The second-order valence-corrected chi connectivity index (χ2v) is 4.63. The van der Waals surface area contributed by atoms with Gasteiger partial charge in [-0.05, 0) is 40.8 Å². The maximum absolute atomic E-state index is 11.7. The van der Waals surface area contributed by atoms with Crippen LogP contribution in [0.4, 0.5) is 0 Å². The number of carboxylic acid groups (broad SMARTS) is 1. The van der Waals surface area contributed by atoms with E-state index < -0.39 is 17.8 Å². The number of methoxy groups -OCH3 is 1. The molecule has 7 nitrogen and oxygen atoms in total. The minimum Gasteiger partial charge on any atom is -0.496 e. The molecule has 106 valence electrons. The molecule has 0 bridgehead atoms. The van der Waals surface area contributed by atoms with Crippen LogP contribution in [-0.4, -0.2) is 30.0 Å². The molecule has 3 N–H and O–H groups in total. The number of nitrogens with one attached hydrogen (secondary N) is 2. The first-order chi connectivity index (χ1) is 9.43. The van der Waals surface area contributed by atoms with Gasteiger partial charge in [-0.2, -0.15) is 0 Å². The molecule has 8 heteroatoms. The first kappa shape index (κ1) is 16.0. The summed E-state index contributed by atoms with van der Waals surface area (Å²) in [5, 5.41) is 8.33. The van der Waals surface area contributed by atoms with Crippen molar-refractivity contribution in [3.8, 4) is 5.75 Å². The summed E-state index contributed by atoms with van der Waals surface area (Å²) in [6.07, 6.45) is 1.46. The van der Waals surface area contributed by atoms with Crippen LogP contribution in [0.2, 0.25) is 0 Å². The SMILES string of the molecule is COc1ccc(C(=O)NNC(=O)/C=C/C(=O)O)cc1I. The summed E-state index contributed by atoms with van der Waals surface area (Å²) < 4.78 is 5.80. The van der Waals surface area contributed by atoms with Crippen LogP contribution in [0, 0.1) is 3.57 Å². The van der Waals surface area contributed by atoms with Crippen molar-refractivity contribution in [1.82, 2.24) is 10.9 Å². The van der Waals surface area contributed by atoms with Gasteiger partial charge in [0, 0.05) is 17.7 Å². The zero-order valence-electron chi connectivity index (χ0n) is 10.3. The highest BCUT2D eigenvalue weighted by molar-refractivity contribution is 14.1. The van der Waals surface area contributed by atoms with Crippen molar-refractivity contribution in [3.05, 3.63) is 39.5 Å². The van der Waals surface area contributed by atoms with Gasteiger partial charge in [-0.15, -0.1) is 0 Å². The third kappa shape index (κ3) is 4.88. The lowest BCUT2D eigenvalue weighted by Gasteiger charge is -2.07. The third-order valence-electron chi connectivity index (χ3n) is 2.09.